The van der Waals surface area contributed by atoms with Gasteiger partial charge in [-0.25, -0.2) is 0 Å². The predicted molar refractivity (Wildman–Crippen MR) is 51.3 cm³/mol. The van der Waals surface area contributed by atoms with E-state index in [4.69, 9.17) is 0 Å². The van der Waals surface area contributed by atoms with Gasteiger partial charge in [0.05, 0.1) is 6.54 Å². The molecule has 0 fully saturated rings. The number of nitrogens with one attached hydrogen (secondary N) is 1. The molecule has 86 valence electrons. The Kier molecular flexibility index (Phi) is 6.92. The second-order valence-electron chi connectivity index (χ2n) is 3.23. The molecule has 14 heavy (non-hydrogen) atoms. The summed E-state index contributed by atoms with van der Waals surface area (Å²) in [7, 11) is 0. The zero-order chi connectivity index (χ0) is 11.0. The molecule has 0 spiro atoms. The van der Waals surface area contributed by atoms with Crippen molar-refractivity contribution in [1.29, 1.82) is 0 Å². The van der Waals surface area contributed by atoms with Gasteiger partial charge >= 0.3 is 6.18 Å². The minimum absolute atomic E-state index is 0.396. The first-order valence-corrected chi connectivity index (χ1v) is 4.99. The molecule has 0 amide bonds. The van der Waals surface area contributed by atoms with Gasteiger partial charge in [-0.15, -0.1) is 0 Å². The SMILES string of the molecule is CCCN(CC)CCNCC(F)(F)F. The van der Waals surface area contributed by atoms with E-state index in [9.17, 15) is 13.2 Å². The van der Waals surface area contributed by atoms with Crippen molar-refractivity contribution in [1.82, 2.24) is 10.2 Å². The maximum atomic E-state index is 11.7. The van der Waals surface area contributed by atoms with Crippen LogP contribution in [0, 0.1) is 0 Å². The summed E-state index contributed by atoms with van der Waals surface area (Å²) in [4.78, 5) is 2.13. The van der Waals surface area contributed by atoms with Crippen molar-refractivity contribution in [2.45, 2.75) is 26.4 Å². The zero-order valence-corrected chi connectivity index (χ0v) is 8.82. The van der Waals surface area contributed by atoms with Gasteiger partial charge in [0.1, 0.15) is 0 Å². The topological polar surface area (TPSA) is 15.3 Å². The molecule has 0 atom stereocenters. The number of alkyl halides is 3. The van der Waals surface area contributed by atoms with Gasteiger partial charge in [-0.05, 0) is 19.5 Å². The van der Waals surface area contributed by atoms with Crippen LogP contribution in [0.3, 0.4) is 0 Å². The second-order valence-corrected chi connectivity index (χ2v) is 3.23. The number of hydrogen-bond donors (Lipinski definition) is 1. The van der Waals surface area contributed by atoms with Crippen LogP contribution < -0.4 is 5.32 Å². The average molecular weight is 212 g/mol. The summed E-state index contributed by atoms with van der Waals surface area (Å²) in [5.74, 6) is 0. The summed E-state index contributed by atoms with van der Waals surface area (Å²) in [5.41, 5.74) is 0. The zero-order valence-electron chi connectivity index (χ0n) is 8.82. The van der Waals surface area contributed by atoms with Crippen molar-refractivity contribution in [2.24, 2.45) is 0 Å². The van der Waals surface area contributed by atoms with Crippen molar-refractivity contribution in [3.8, 4) is 0 Å². The van der Waals surface area contributed by atoms with Crippen LogP contribution in [0.4, 0.5) is 13.2 Å². The number of hydrogen-bond acceptors (Lipinski definition) is 2. The fourth-order valence-electron chi connectivity index (χ4n) is 1.21. The largest absolute Gasteiger partial charge is 0.401 e. The van der Waals surface area contributed by atoms with Crippen LogP contribution in [0.2, 0.25) is 0 Å². The van der Waals surface area contributed by atoms with Crippen molar-refractivity contribution in [3.05, 3.63) is 0 Å². The van der Waals surface area contributed by atoms with E-state index >= 15 is 0 Å². The van der Waals surface area contributed by atoms with Crippen molar-refractivity contribution in [3.63, 3.8) is 0 Å². The summed E-state index contributed by atoms with van der Waals surface area (Å²) in [5, 5.41) is 2.38. The van der Waals surface area contributed by atoms with Gasteiger partial charge in [0.15, 0.2) is 0 Å². The third-order valence-electron chi connectivity index (χ3n) is 1.92. The Labute approximate surface area is 83.5 Å². The lowest BCUT2D eigenvalue weighted by Crippen LogP contribution is -2.36. The molecular weight excluding hydrogens is 193 g/mol. The molecule has 0 rings (SSSR count). The van der Waals surface area contributed by atoms with Gasteiger partial charge in [-0.2, -0.15) is 13.2 Å². The summed E-state index contributed by atoms with van der Waals surface area (Å²) in [6.07, 6.45) is -3.06. The van der Waals surface area contributed by atoms with Crippen molar-refractivity contribution >= 4 is 0 Å². The smallest absolute Gasteiger partial charge is 0.307 e. The van der Waals surface area contributed by atoms with E-state index in [1.807, 2.05) is 6.92 Å². The first kappa shape index (κ1) is 13.7. The summed E-state index contributed by atoms with van der Waals surface area (Å²) in [6, 6.07) is 0. The Morgan fingerprint density at radius 3 is 2.21 bits per heavy atom. The lowest BCUT2D eigenvalue weighted by atomic mass is 10.4. The van der Waals surface area contributed by atoms with Crippen LogP contribution in [0.5, 0.6) is 0 Å². The molecule has 0 aromatic rings. The van der Waals surface area contributed by atoms with Gasteiger partial charge < -0.3 is 10.2 Å². The summed E-state index contributed by atoms with van der Waals surface area (Å²) < 4.78 is 35.2. The van der Waals surface area contributed by atoms with E-state index < -0.39 is 12.7 Å². The lowest BCUT2D eigenvalue weighted by Gasteiger charge is -2.19. The number of likely N-dealkylation sites (N-methyl/N-ethyl adjacent to an activating group) is 1. The first-order chi connectivity index (χ1) is 6.49. The maximum Gasteiger partial charge on any atom is 0.401 e. The van der Waals surface area contributed by atoms with Crippen LogP contribution in [0.15, 0.2) is 0 Å². The summed E-state index contributed by atoms with van der Waals surface area (Å²) >= 11 is 0. The Balaban J connectivity index is 3.42. The molecular formula is C9H19F3N2. The highest BCUT2D eigenvalue weighted by atomic mass is 19.4. The van der Waals surface area contributed by atoms with Crippen LogP contribution >= 0.6 is 0 Å². The molecule has 0 unspecified atom stereocenters. The fourth-order valence-corrected chi connectivity index (χ4v) is 1.21. The number of rotatable bonds is 7. The average Bonchev–Trinajstić information content (AvgIpc) is 2.08. The number of nitrogens with zero attached hydrogens (tertiary/aromatic N) is 1. The van der Waals surface area contributed by atoms with Crippen LogP contribution in [0.25, 0.3) is 0 Å². The fraction of sp³-hybridized carbons (Fsp3) is 1.00. The standard InChI is InChI=1S/C9H19F3N2/c1-3-6-14(4-2)7-5-13-8-9(10,11)12/h13H,3-8H2,1-2H3. The minimum Gasteiger partial charge on any atom is -0.307 e. The predicted octanol–water partition coefficient (Wildman–Crippen LogP) is 1.87. The van der Waals surface area contributed by atoms with E-state index in [-0.39, 0.29) is 0 Å². The monoisotopic (exact) mass is 212 g/mol. The van der Waals surface area contributed by atoms with E-state index in [0.29, 0.717) is 13.1 Å². The Hall–Kier alpha value is -0.290. The van der Waals surface area contributed by atoms with Gasteiger partial charge in [0.2, 0.25) is 0 Å². The third-order valence-corrected chi connectivity index (χ3v) is 1.92. The van der Waals surface area contributed by atoms with Crippen LogP contribution in [0.1, 0.15) is 20.3 Å². The molecule has 0 saturated heterocycles. The minimum atomic E-state index is -4.10. The van der Waals surface area contributed by atoms with E-state index in [1.165, 1.54) is 0 Å². The van der Waals surface area contributed by atoms with Crippen LogP contribution in [-0.4, -0.2) is 43.8 Å². The highest BCUT2D eigenvalue weighted by Crippen LogP contribution is 2.11. The third kappa shape index (κ3) is 8.31. The summed E-state index contributed by atoms with van der Waals surface area (Å²) in [6.45, 7) is 6.10. The molecule has 0 aliphatic carbocycles. The van der Waals surface area contributed by atoms with Gasteiger partial charge in [0, 0.05) is 13.1 Å². The molecule has 0 saturated carbocycles. The molecule has 5 heteroatoms. The van der Waals surface area contributed by atoms with Crippen LogP contribution in [-0.2, 0) is 0 Å². The number of halogens is 3. The quantitative estimate of drug-likeness (QED) is 0.648. The molecule has 1 N–H and O–H groups in total. The van der Waals surface area contributed by atoms with Gasteiger partial charge in [0.25, 0.3) is 0 Å². The molecule has 0 aromatic carbocycles. The molecule has 2 nitrogen and oxygen atoms in total. The first-order valence-electron chi connectivity index (χ1n) is 4.99. The molecule has 0 aliphatic rings. The van der Waals surface area contributed by atoms with Gasteiger partial charge in [-0.1, -0.05) is 13.8 Å². The normalized spacial score (nSPS) is 12.4. The molecule has 0 heterocycles. The highest BCUT2D eigenvalue weighted by molar-refractivity contribution is 4.60. The van der Waals surface area contributed by atoms with Gasteiger partial charge in [-0.3, -0.25) is 0 Å². The second kappa shape index (κ2) is 7.06. The highest BCUT2D eigenvalue weighted by Gasteiger charge is 2.25. The van der Waals surface area contributed by atoms with E-state index in [0.717, 1.165) is 19.5 Å². The van der Waals surface area contributed by atoms with Crippen molar-refractivity contribution < 1.29 is 13.2 Å². The lowest BCUT2D eigenvalue weighted by molar-refractivity contribution is -0.124. The molecule has 0 aromatic heterocycles. The van der Waals surface area contributed by atoms with E-state index in [2.05, 4.69) is 17.1 Å². The molecule has 0 bridgehead atoms. The van der Waals surface area contributed by atoms with E-state index in [1.54, 1.807) is 0 Å². The maximum absolute atomic E-state index is 11.7. The Morgan fingerprint density at radius 1 is 1.14 bits per heavy atom. The Morgan fingerprint density at radius 2 is 1.79 bits per heavy atom. The molecule has 0 aliphatic heterocycles. The Bertz CT molecular complexity index is 137. The van der Waals surface area contributed by atoms with Crippen molar-refractivity contribution in [2.75, 3.05) is 32.7 Å². The molecule has 0 radical (unpaired) electrons.